The summed E-state index contributed by atoms with van der Waals surface area (Å²) in [4.78, 5) is 24.0. The third-order valence-corrected chi connectivity index (χ3v) is 3.64. The maximum absolute atomic E-state index is 12.4. The van der Waals surface area contributed by atoms with Crippen molar-refractivity contribution in [3.05, 3.63) is 58.1 Å². The molecule has 0 bridgehead atoms. The maximum atomic E-state index is 12.4. The zero-order valence-corrected chi connectivity index (χ0v) is 10.6. The Bertz CT molecular complexity index is 700. The number of hydrogen-bond donors (Lipinski definition) is 3. The fourth-order valence-electron chi connectivity index (χ4n) is 2.65. The van der Waals surface area contributed by atoms with Crippen molar-refractivity contribution in [2.24, 2.45) is 5.92 Å². The van der Waals surface area contributed by atoms with Crippen molar-refractivity contribution >= 4 is 11.6 Å². The second kappa shape index (κ2) is 4.05. The number of Topliss-reactive ketones (excluding diaryl/α,β-unsaturated/α-hetero) is 2. The zero-order chi connectivity index (χ0) is 14.6. The number of hydrogen-bond acceptors (Lipinski definition) is 5. The van der Waals surface area contributed by atoms with E-state index in [-0.39, 0.29) is 22.7 Å². The highest BCUT2D eigenvalue weighted by atomic mass is 16.3. The molecule has 0 aromatic heterocycles. The number of ketones is 2. The summed E-state index contributed by atoms with van der Waals surface area (Å²) in [7, 11) is 0. The highest BCUT2D eigenvalue weighted by Crippen LogP contribution is 2.39. The van der Waals surface area contributed by atoms with Crippen LogP contribution >= 0.6 is 0 Å². The first-order valence-electron chi connectivity index (χ1n) is 6.13. The zero-order valence-electron chi connectivity index (χ0n) is 10.6. The van der Waals surface area contributed by atoms with E-state index in [0.717, 1.165) is 11.6 Å². The highest BCUT2D eigenvalue weighted by molar-refractivity contribution is 6.13. The molecule has 20 heavy (non-hydrogen) atoms. The van der Waals surface area contributed by atoms with Gasteiger partial charge in [-0.2, -0.15) is 0 Å². The van der Waals surface area contributed by atoms with Gasteiger partial charge in [0, 0.05) is 16.7 Å². The molecule has 0 amide bonds. The third-order valence-electron chi connectivity index (χ3n) is 3.64. The van der Waals surface area contributed by atoms with Crippen LogP contribution in [0, 0.1) is 5.92 Å². The van der Waals surface area contributed by atoms with E-state index in [1.54, 1.807) is 13.0 Å². The Labute approximate surface area is 114 Å². The molecule has 3 N–H and O–H groups in total. The summed E-state index contributed by atoms with van der Waals surface area (Å²) in [5.74, 6) is -2.55. The number of aliphatic hydroxyl groups excluding tert-OH is 3. The standard InChI is InChI=1S/C15H12O5/c1-6-2-8-7(11(16)3-6)4-9-10(13(8)18)5-12(17)15(20)14(9)19/h2-5,8,12,16-17,19H,1H3/t8-,12+/m1/s1. The monoisotopic (exact) mass is 272 g/mol. The number of fused-ring (bicyclic) bond motifs is 2. The van der Waals surface area contributed by atoms with Gasteiger partial charge in [0.15, 0.2) is 11.5 Å². The van der Waals surface area contributed by atoms with Crippen LogP contribution in [0.4, 0.5) is 0 Å². The van der Waals surface area contributed by atoms with Crippen molar-refractivity contribution in [1.82, 2.24) is 0 Å². The van der Waals surface area contributed by atoms with Crippen LogP contribution in [-0.2, 0) is 9.59 Å². The molecule has 0 spiro atoms. The molecule has 3 rings (SSSR count). The highest BCUT2D eigenvalue weighted by Gasteiger charge is 2.39. The van der Waals surface area contributed by atoms with Gasteiger partial charge in [-0.05, 0) is 25.2 Å². The molecule has 0 saturated heterocycles. The first kappa shape index (κ1) is 12.6. The lowest BCUT2D eigenvalue weighted by atomic mass is 9.74. The third kappa shape index (κ3) is 1.60. The van der Waals surface area contributed by atoms with Crippen LogP contribution in [-0.4, -0.2) is 33.0 Å². The van der Waals surface area contributed by atoms with Crippen LogP contribution in [0.5, 0.6) is 0 Å². The van der Waals surface area contributed by atoms with Crippen molar-refractivity contribution < 1.29 is 24.9 Å². The van der Waals surface area contributed by atoms with Crippen LogP contribution in [0.15, 0.2) is 58.1 Å². The molecule has 3 aliphatic carbocycles. The molecule has 5 heteroatoms. The topological polar surface area (TPSA) is 94.8 Å². The predicted octanol–water partition coefficient (Wildman–Crippen LogP) is 1.20. The van der Waals surface area contributed by atoms with Gasteiger partial charge in [-0.15, -0.1) is 0 Å². The van der Waals surface area contributed by atoms with E-state index in [9.17, 15) is 24.9 Å². The predicted molar refractivity (Wildman–Crippen MR) is 69.8 cm³/mol. The van der Waals surface area contributed by atoms with Crippen LogP contribution in [0.1, 0.15) is 6.92 Å². The number of aliphatic hydroxyl groups is 3. The average molecular weight is 272 g/mol. The first-order chi connectivity index (χ1) is 9.40. The van der Waals surface area contributed by atoms with Gasteiger partial charge in [-0.1, -0.05) is 11.6 Å². The van der Waals surface area contributed by atoms with Gasteiger partial charge in [0.2, 0.25) is 5.78 Å². The molecule has 0 aromatic carbocycles. The first-order valence-corrected chi connectivity index (χ1v) is 6.13. The number of carbonyl (C=O) groups excluding carboxylic acids is 2. The molecular formula is C15H12O5. The van der Waals surface area contributed by atoms with Crippen molar-refractivity contribution in [1.29, 1.82) is 0 Å². The largest absolute Gasteiger partial charge is 0.508 e. The summed E-state index contributed by atoms with van der Waals surface area (Å²) in [5, 5.41) is 29.3. The van der Waals surface area contributed by atoms with E-state index in [2.05, 4.69) is 0 Å². The quantitative estimate of drug-likeness (QED) is 0.616. The van der Waals surface area contributed by atoms with E-state index in [1.165, 1.54) is 12.2 Å². The number of carbonyl (C=O) groups is 2. The van der Waals surface area contributed by atoms with Gasteiger partial charge < -0.3 is 15.3 Å². The second-order valence-electron chi connectivity index (χ2n) is 5.03. The summed E-state index contributed by atoms with van der Waals surface area (Å²) in [6, 6.07) is 0. The normalized spacial score (nSPS) is 29.1. The Hall–Kier alpha value is -2.40. The van der Waals surface area contributed by atoms with Crippen molar-refractivity contribution in [2.75, 3.05) is 0 Å². The molecule has 5 nitrogen and oxygen atoms in total. The molecule has 2 atom stereocenters. The molecule has 0 fully saturated rings. The minimum Gasteiger partial charge on any atom is -0.508 e. The Balaban J connectivity index is 2.24. The molecule has 0 unspecified atom stereocenters. The molecule has 0 saturated carbocycles. The van der Waals surface area contributed by atoms with Crippen LogP contribution in [0.25, 0.3) is 0 Å². The summed E-state index contributed by atoms with van der Waals surface area (Å²) in [6.07, 6.45) is 4.27. The minimum atomic E-state index is -1.51. The van der Waals surface area contributed by atoms with Crippen LogP contribution in [0.3, 0.4) is 0 Å². The minimum absolute atomic E-state index is 0.0544. The van der Waals surface area contributed by atoms with E-state index in [1.807, 2.05) is 0 Å². The van der Waals surface area contributed by atoms with Crippen LogP contribution in [0.2, 0.25) is 0 Å². The fraction of sp³-hybridized carbons (Fsp3) is 0.200. The van der Waals surface area contributed by atoms with E-state index < -0.39 is 23.6 Å². The number of allylic oxidation sites excluding steroid dienone is 7. The molecule has 102 valence electrons. The number of rotatable bonds is 0. The second-order valence-corrected chi connectivity index (χ2v) is 5.03. The molecule has 0 aromatic rings. The molecule has 0 radical (unpaired) electrons. The van der Waals surface area contributed by atoms with Gasteiger partial charge in [-0.3, -0.25) is 9.59 Å². The molecule has 0 heterocycles. The van der Waals surface area contributed by atoms with Gasteiger partial charge in [0.25, 0.3) is 0 Å². The molecular weight excluding hydrogens is 260 g/mol. The summed E-state index contributed by atoms with van der Waals surface area (Å²) < 4.78 is 0. The van der Waals surface area contributed by atoms with Gasteiger partial charge >= 0.3 is 0 Å². The Morgan fingerprint density at radius 3 is 2.45 bits per heavy atom. The Morgan fingerprint density at radius 2 is 1.75 bits per heavy atom. The summed E-state index contributed by atoms with van der Waals surface area (Å²) in [5.41, 5.74) is 1.28. The van der Waals surface area contributed by atoms with Crippen molar-refractivity contribution in [2.45, 2.75) is 13.0 Å². The van der Waals surface area contributed by atoms with Crippen LogP contribution < -0.4 is 0 Å². The lowest BCUT2D eigenvalue weighted by Crippen LogP contribution is -2.33. The SMILES string of the molecule is CC1=C[C@H]2C(=O)C3=C[C@H](O)C(=O)C(O)=C3C=C2C(O)=C1. The Kier molecular flexibility index (Phi) is 2.55. The van der Waals surface area contributed by atoms with Gasteiger partial charge in [-0.25, -0.2) is 0 Å². The molecule has 0 aliphatic heterocycles. The average Bonchev–Trinajstić information content (AvgIpc) is 2.39. The lowest BCUT2D eigenvalue weighted by molar-refractivity contribution is -0.124. The summed E-state index contributed by atoms with van der Waals surface area (Å²) >= 11 is 0. The van der Waals surface area contributed by atoms with E-state index in [4.69, 9.17) is 0 Å². The fourth-order valence-corrected chi connectivity index (χ4v) is 2.65. The maximum Gasteiger partial charge on any atom is 0.230 e. The smallest absolute Gasteiger partial charge is 0.230 e. The van der Waals surface area contributed by atoms with E-state index >= 15 is 0 Å². The Morgan fingerprint density at radius 1 is 1.05 bits per heavy atom. The van der Waals surface area contributed by atoms with Gasteiger partial charge in [0.05, 0.1) is 5.92 Å². The van der Waals surface area contributed by atoms with Crippen molar-refractivity contribution in [3.8, 4) is 0 Å². The van der Waals surface area contributed by atoms with E-state index in [0.29, 0.717) is 5.57 Å². The lowest BCUT2D eigenvalue weighted by Gasteiger charge is -2.29. The molecule has 3 aliphatic rings. The summed E-state index contributed by atoms with van der Waals surface area (Å²) in [6.45, 7) is 1.76. The van der Waals surface area contributed by atoms with Gasteiger partial charge in [0.1, 0.15) is 11.9 Å². The van der Waals surface area contributed by atoms with Crippen molar-refractivity contribution in [3.63, 3.8) is 0 Å².